The van der Waals surface area contributed by atoms with Crippen LogP contribution in [0.2, 0.25) is 0 Å². The van der Waals surface area contributed by atoms with Gasteiger partial charge in [-0.05, 0) is 30.7 Å². The summed E-state index contributed by atoms with van der Waals surface area (Å²) < 4.78 is 5.99. The lowest BCUT2D eigenvalue weighted by Gasteiger charge is -2.12. The third-order valence-electron chi connectivity index (χ3n) is 3.33. The van der Waals surface area contributed by atoms with Crippen molar-refractivity contribution in [3.63, 3.8) is 0 Å². The molecule has 132 valence electrons. The Bertz CT molecular complexity index is 936. The number of guanidine groups is 1. The van der Waals surface area contributed by atoms with Gasteiger partial charge in [0.15, 0.2) is 0 Å². The Kier molecular flexibility index (Phi) is 5.22. The third kappa shape index (κ3) is 3.68. The van der Waals surface area contributed by atoms with Gasteiger partial charge in [-0.15, -0.1) is 5.10 Å². The number of nitrogens with two attached hydrogens (primary N) is 2. The van der Waals surface area contributed by atoms with E-state index < -0.39 is 17.1 Å². The van der Waals surface area contributed by atoms with Crippen LogP contribution < -0.4 is 27.5 Å². The summed E-state index contributed by atoms with van der Waals surface area (Å²) in [6.45, 7) is 1.70. The maximum atomic E-state index is 12.2. The minimum absolute atomic E-state index is 0.120. The van der Waals surface area contributed by atoms with Crippen molar-refractivity contribution in [2.75, 3.05) is 7.11 Å². The van der Waals surface area contributed by atoms with Gasteiger partial charge in [0, 0.05) is 0 Å². The molecule has 0 amide bonds. The number of nitrogens with zero attached hydrogens (tertiary/aromatic N) is 3. The fourth-order valence-corrected chi connectivity index (χ4v) is 2.17. The third-order valence-corrected chi connectivity index (χ3v) is 3.33. The fraction of sp³-hybridized carbons (Fsp3) is 0.200. The number of ether oxygens (including phenoxy) is 1. The molecular formula is C15H18N6O4. The fourth-order valence-electron chi connectivity index (χ4n) is 2.17. The quantitative estimate of drug-likeness (QED) is 0.328. The standard InChI is InChI=1S/C15H18N6O4/c1-3-10(19-20-14(16)17)11-12(22)18-15(24)21(13(11)23)8-4-6-9(25-2)7-5-8/h4-7,23H,3H2,1-2H3,(H4,16,17,20)(H,18,22,24)/b19-10+. The smallest absolute Gasteiger partial charge is 0.335 e. The van der Waals surface area contributed by atoms with Gasteiger partial charge in [0.1, 0.15) is 11.3 Å². The Morgan fingerprint density at radius 2 is 1.88 bits per heavy atom. The number of hydrogen-bond donors (Lipinski definition) is 4. The molecule has 0 saturated heterocycles. The molecule has 10 heteroatoms. The Balaban J connectivity index is 2.71. The first-order valence-electron chi connectivity index (χ1n) is 7.27. The van der Waals surface area contributed by atoms with E-state index in [1.165, 1.54) is 7.11 Å². The van der Waals surface area contributed by atoms with Crippen LogP contribution in [0.4, 0.5) is 0 Å². The number of aromatic nitrogens is 2. The van der Waals surface area contributed by atoms with E-state index >= 15 is 0 Å². The lowest BCUT2D eigenvalue weighted by molar-refractivity contribution is 0.414. The summed E-state index contributed by atoms with van der Waals surface area (Å²) in [4.78, 5) is 26.4. The van der Waals surface area contributed by atoms with Gasteiger partial charge < -0.3 is 21.3 Å². The largest absolute Gasteiger partial charge is 0.497 e. The first kappa shape index (κ1) is 17.8. The SMILES string of the molecule is CC/C(=N\N=C(N)N)c1c(O)n(-c2ccc(OC)cc2)c(=O)[nH]c1=O. The number of nitrogens with one attached hydrogen (secondary N) is 1. The highest BCUT2D eigenvalue weighted by atomic mass is 16.5. The highest BCUT2D eigenvalue weighted by molar-refractivity contribution is 6.02. The molecule has 0 atom stereocenters. The zero-order valence-electron chi connectivity index (χ0n) is 13.7. The van der Waals surface area contributed by atoms with Gasteiger partial charge in [-0.25, -0.2) is 9.36 Å². The average molecular weight is 346 g/mol. The van der Waals surface area contributed by atoms with Crippen LogP contribution in [0.1, 0.15) is 18.9 Å². The first-order valence-corrected chi connectivity index (χ1v) is 7.27. The Morgan fingerprint density at radius 3 is 2.40 bits per heavy atom. The molecule has 1 heterocycles. The van der Waals surface area contributed by atoms with Crippen molar-refractivity contribution in [1.82, 2.24) is 9.55 Å². The van der Waals surface area contributed by atoms with Crippen LogP contribution in [0.25, 0.3) is 5.69 Å². The van der Waals surface area contributed by atoms with Crippen molar-refractivity contribution in [1.29, 1.82) is 0 Å². The molecular weight excluding hydrogens is 328 g/mol. The highest BCUT2D eigenvalue weighted by Gasteiger charge is 2.19. The van der Waals surface area contributed by atoms with Crippen LogP contribution in [0, 0.1) is 0 Å². The molecule has 0 aliphatic heterocycles. The summed E-state index contributed by atoms with van der Waals surface area (Å²) in [6.07, 6.45) is 0.244. The summed E-state index contributed by atoms with van der Waals surface area (Å²) in [7, 11) is 1.50. The molecule has 1 aromatic heterocycles. The van der Waals surface area contributed by atoms with Gasteiger partial charge in [-0.2, -0.15) is 5.10 Å². The van der Waals surface area contributed by atoms with Gasteiger partial charge >= 0.3 is 5.69 Å². The number of aromatic hydroxyl groups is 1. The Morgan fingerprint density at radius 1 is 1.24 bits per heavy atom. The van der Waals surface area contributed by atoms with Crippen molar-refractivity contribution < 1.29 is 9.84 Å². The molecule has 25 heavy (non-hydrogen) atoms. The number of hydrogen-bond acceptors (Lipinski definition) is 6. The predicted molar refractivity (Wildman–Crippen MR) is 93.5 cm³/mol. The van der Waals surface area contributed by atoms with Gasteiger partial charge in [0.2, 0.25) is 11.8 Å². The maximum absolute atomic E-state index is 12.2. The molecule has 2 rings (SSSR count). The van der Waals surface area contributed by atoms with Crippen molar-refractivity contribution in [2.45, 2.75) is 13.3 Å². The van der Waals surface area contributed by atoms with E-state index in [0.717, 1.165) is 4.57 Å². The second kappa shape index (κ2) is 7.34. The summed E-state index contributed by atoms with van der Waals surface area (Å²) in [5.74, 6) is -0.292. The molecule has 0 saturated carbocycles. The molecule has 0 bridgehead atoms. The molecule has 0 spiro atoms. The van der Waals surface area contributed by atoms with E-state index in [0.29, 0.717) is 11.4 Å². The van der Waals surface area contributed by atoms with Crippen molar-refractivity contribution >= 4 is 11.7 Å². The van der Waals surface area contributed by atoms with E-state index in [-0.39, 0.29) is 23.7 Å². The maximum Gasteiger partial charge on any atom is 0.335 e. The Hall–Kier alpha value is -3.56. The van der Waals surface area contributed by atoms with E-state index in [2.05, 4.69) is 15.2 Å². The van der Waals surface area contributed by atoms with Crippen molar-refractivity contribution in [3.05, 3.63) is 50.7 Å². The lowest BCUT2D eigenvalue weighted by Crippen LogP contribution is -2.33. The number of benzene rings is 1. The summed E-state index contributed by atoms with van der Waals surface area (Å²) >= 11 is 0. The normalized spacial score (nSPS) is 11.2. The van der Waals surface area contributed by atoms with Gasteiger partial charge in [-0.3, -0.25) is 9.78 Å². The molecule has 0 radical (unpaired) electrons. The summed E-state index contributed by atoms with van der Waals surface area (Å²) in [5.41, 5.74) is 9.12. The van der Waals surface area contributed by atoms with Crippen molar-refractivity contribution in [3.8, 4) is 17.3 Å². The summed E-state index contributed by atoms with van der Waals surface area (Å²) in [6, 6.07) is 6.34. The van der Waals surface area contributed by atoms with Crippen LogP contribution in [-0.4, -0.2) is 33.4 Å². The van der Waals surface area contributed by atoms with Crippen molar-refractivity contribution in [2.24, 2.45) is 21.7 Å². The minimum Gasteiger partial charge on any atom is -0.497 e. The minimum atomic E-state index is -0.797. The molecule has 2 aromatic rings. The number of aromatic amines is 1. The van der Waals surface area contributed by atoms with Crippen LogP contribution in [0.5, 0.6) is 11.6 Å². The topological polar surface area (TPSA) is 161 Å². The molecule has 6 N–H and O–H groups in total. The first-order chi connectivity index (χ1) is 11.9. The molecule has 0 unspecified atom stereocenters. The zero-order valence-corrected chi connectivity index (χ0v) is 13.7. The van der Waals surface area contributed by atoms with Gasteiger partial charge in [-0.1, -0.05) is 6.92 Å². The Labute approximate surface area is 142 Å². The number of methoxy groups -OCH3 is 1. The van der Waals surface area contributed by atoms with Crippen LogP contribution in [0.3, 0.4) is 0 Å². The number of H-pyrrole nitrogens is 1. The van der Waals surface area contributed by atoms with Gasteiger partial charge in [0.05, 0.1) is 18.5 Å². The summed E-state index contributed by atoms with van der Waals surface area (Å²) in [5, 5.41) is 17.8. The predicted octanol–water partition coefficient (Wildman–Crippen LogP) is -0.372. The molecule has 0 aliphatic carbocycles. The molecule has 0 fully saturated rings. The molecule has 0 aliphatic rings. The van der Waals surface area contributed by atoms with E-state index in [1.54, 1.807) is 31.2 Å². The van der Waals surface area contributed by atoms with Crippen LogP contribution in [0.15, 0.2) is 44.1 Å². The monoisotopic (exact) mass is 346 g/mol. The van der Waals surface area contributed by atoms with E-state index in [4.69, 9.17) is 16.2 Å². The lowest BCUT2D eigenvalue weighted by atomic mass is 10.1. The van der Waals surface area contributed by atoms with Crippen LogP contribution in [-0.2, 0) is 0 Å². The second-order valence-electron chi connectivity index (χ2n) is 4.92. The highest BCUT2D eigenvalue weighted by Crippen LogP contribution is 2.20. The van der Waals surface area contributed by atoms with E-state index in [9.17, 15) is 14.7 Å². The van der Waals surface area contributed by atoms with E-state index in [1.807, 2.05) is 0 Å². The molecule has 10 nitrogen and oxygen atoms in total. The average Bonchev–Trinajstić information content (AvgIpc) is 2.57. The number of rotatable bonds is 5. The van der Waals surface area contributed by atoms with Crippen LogP contribution >= 0.6 is 0 Å². The zero-order chi connectivity index (χ0) is 18.6. The molecule has 1 aromatic carbocycles. The second-order valence-corrected chi connectivity index (χ2v) is 4.92. The van der Waals surface area contributed by atoms with Gasteiger partial charge in [0.25, 0.3) is 5.56 Å².